The number of hydrogen-bond donors (Lipinski definition) is 4. The van der Waals surface area contributed by atoms with Gasteiger partial charge >= 0.3 is 6.09 Å². The molecule has 0 aliphatic heterocycles. The molecule has 8 nitrogen and oxygen atoms in total. The summed E-state index contributed by atoms with van der Waals surface area (Å²) in [6.07, 6.45) is -0.983. The molecule has 9 heteroatoms. The average molecular weight is 452 g/mol. The maximum Gasteiger partial charge on any atom is 0.412 e. The first-order chi connectivity index (χ1) is 16.0. The first-order valence-corrected chi connectivity index (χ1v) is 9.81. The lowest BCUT2D eigenvalue weighted by molar-refractivity contribution is -0.124. The van der Waals surface area contributed by atoms with Gasteiger partial charge in [-0.2, -0.15) is 0 Å². The fourth-order valence-electron chi connectivity index (χ4n) is 2.89. The molecule has 170 valence electrons. The third kappa shape index (κ3) is 6.81. The van der Waals surface area contributed by atoms with Crippen LogP contribution in [0.2, 0.25) is 0 Å². The van der Waals surface area contributed by atoms with E-state index in [1.807, 2.05) is 0 Å². The number of hydrogen-bond acceptors (Lipinski definition) is 6. The van der Waals surface area contributed by atoms with Crippen molar-refractivity contribution in [1.82, 2.24) is 5.48 Å². The molecule has 0 heterocycles. The highest BCUT2D eigenvalue weighted by atomic mass is 19.1. The number of nitrogens with one attached hydrogen (secondary N) is 2. The van der Waals surface area contributed by atoms with E-state index in [9.17, 15) is 19.1 Å². The summed E-state index contributed by atoms with van der Waals surface area (Å²) in [4.78, 5) is 24.2. The Kier molecular flexibility index (Phi) is 7.98. The number of aromatic hydroxyl groups is 1. The predicted octanol–water partition coefficient (Wildman–Crippen LogP) is 4.33. The van der Waals surface area contributed by atoms with Crippen LogP contribution in [-0.4, -0.2) is 28.4 Å². The minimum atomic E-state index is -1.24. The van der Waals surface area contributed by atoms with E-state index in [0.29, 0.717) is 11.4 Å². The van der Waals surface area contributed by atoms with Gasteiger partial charge in [-0.15, -0.1) is 0 Å². The molecule has 0 saturated carbocycles. The van der Waals surface area contributed by atoms with Crippen LogP contribution in [0.4, 0.5) is 14.9 Å². The van der Waals surface area contributed by atoms with Gasteiger partial charge in [-0.3, -0.25) is 15.3 Å². The van der Waals surface area contributed by atoms with Crippen molar-refractivity contribution in [3.8, 4) is 11.5 Å². The zero-order chi connectivity index (χ0) is 23.6. The molecule has 2 atom stereocenters. The van der Waals surface area contributed by atoms with Crippen LogP contribution >= 0.6 is 0 Å². The van der Waals surface area contributed by atoms with Gasteiger partial charge in [0.1, 0.15) is 5.75 Å². The summed E-state index contributed by atoms with van der Waals surface area (Å²) >= 11 is 0. The van der Waals surface area contributed by atoms with Crippen LogP contribution in [0.15, 0.2) is 91.0 Å². The number of benzene rings is 3. The van der Waals surface area contributed by atoms with E-state index in [1.54, 1.807) is 60.7 Å². The molecule has 3 rings (SSSR count). The number of rotatable bonds is 8. The van der Waals surface area contributed by atoms with E-state index >= 15 is 0 Å². The van der Waals surface area contributed by atoms with E-state index in [1.165, 1.54) is 17.6 Å². The topological polar surface area (TPSA) is 117 Å². The zero-order valence-electron chi connectivity index (χ0n) is 17.2. The van der Waals surface area contributed by atoms with Crippen LogP contribution in [0.3, 0.4) is 0 Å². The van der Waals surface area contributed by atoms with Gasteiger partial charge < -0.3 is 14.6 Å². The summed E-state index contributed by atoms with van der Waals surface area (Å²) in [5.41, 5.74) is 2.08. The number of carbonyl (C=O) groups is 2. The Hall–Kier alpha value is -4.37. The van der Waals surface area contributed by atoms with Gasteiger partial charge in [0.05, 0.1) is 0 Å². The Bertz CT molecular complexity index is 1110. The molecule has 2 amide bonds. The number of phenolic OH excluding ortho intramolecular Hbond substituents is 1. The fraction of sp³-hybridized carbons (Fsp3) is 0.0833. The Morgan fingerprint density at radius 3 is 2.27 bits per heavy atom. The molecule has 3 aromatic carbocycles. The molecule has 0 saturated heterocycles. The number of hydroxylamine groups is 1. The highest BCUT2D eigenvalue weighted by Gasteiger charge is 2.28. The molecular weight excluding hydrogens is 431 g/mol. The van der Waals surface area contributed by atoms with E-state index in [0.717, 1.165) is 18.2 Å². The first kappa shape index (κ1) is 23.3. The van der Waals surface area contributed by atoms with Crippen LogP contribution < -0.4 is 15.5 Å². The third-order valence-electron chi connectivity index (χ3n) is 4.42. The molecule has 0 radical (unpaired) electrons. The molecule has 3 aromatic rings. The number of para-hydroxylation sites is 2. The normalized spacial score (nSPS) is 12.5. The van der Waals surface area contributed by atoms with E-state index in [-0.39, 0.29) is 5.56 Å². The lowest BCUT2D eigenvalue weighted by atomic mass is 10.0. The maximum atomic E-state index is 14.1. The average Bonchev–Trinajstić information content (AvgIpc) is 2.83. The van der Waals surface area contributed by atoms with Crippen LogP contribution in [0.1, 0.15) is 11.7 Å². The Morgan fingerprint density at radius 1 is 0.970 bits per heavy atom. The number of anilines is 1. The van der Waals surface area contributed by atoms with Crippen molar-refractivity contribution in [2.24, 2.45) is 0 Å². The van der Waals surface area contributed by atoms with Gasteiger partial charge in [-0.25, -0.2) is 14.7 Å². The molecule has 0 aliphatic carbocycles. The van der Waals surface area contributed by atoms with Crippen LogP contribution in [0.25, 0.3) is 0 Å². The van der Waals surface area contributed by atoms with Gasteiger partial charge in [0.25, 0.3) is 5.91 Å². The van der Waals surface area contributed by atoms with Gasteiger partial charge in [-0.1, -0.05) is 42.5 Å². The fourth-order valence-corrected chi connectivity index (χ4v) is 2.89. The molecular formula is C24H21FN2O6. The number of ether oxygens (including phenoxy) is 2. The molecule has 0 fully saturated rings. The second-order valence-corrected chi connectivity index (χ2v) is 6.76. The number of halogens is 1. The minimum Gasteiger partial charge on any atom is -0.505 e. The van der Waals surface area contributed by atoms with Crippen LogP contribution in [0.5, 0.6) is 11.5 Å². The number of phenols is 1. The molecule has 0 unspecified atom stereocenters. The van der Waals surface area contributed by atoms with Crippen molar-refractivity contribution in [1.29, 1.82) is 0 Å². The highest BCUT2D eigenvalue weighted by molar-refractivity contribution is 5.86. The lowest BCUT2D eigenvalue weighted by Crippen LogP contribution is -2.30. The maximum absolute atomic E-state index is 14.1. The Morgan fingerprint density at radius 2 is 1.64 bits per heavy atom. The van der Waals surface area contributed by atoms with Gasteiger partial charge in [0, 0.05) is 11.8 Å². The van der Waals surface area contributed by atoms with Gasteiger partial charge in [0.15, 0.2) is 23.8 Å². The smallest absolute Gasteiger partial charge is 0.412 e. The number of amides is 2. The first-order valence-electron chi connectivity index (χ1n) is 9.81. The molecule has 0 aromatic heterocycles. The molecule has 0 bridgehead atoms. The van der Waals surface area contributed by atoms with Crippen molar-refractivity contribution in [2.45, 2.75) is 12.2 Å². The van der Waals surface area contributed by atoms with E-state index < -0.39 is 35.8 Å². The monoisotopic (exact) mass is 452 g/mol. The predicted molar refractivity (Wildman–Crippen MR) is 117 cm³/mol. The Balaban J connectivity index is 1.96. The third-order valence-corrected chi connectivity index (χ3v) is 4.42. The molecule has 4 N–H and O–H groups in total. The second kappa shape index (κ2) is 11.3. The van der Waals surface area contributed by atoms with E-state index in [4.69, 9.17) is 14.7 Å². The second-order valence-electron chi connectivity index (χ2n) is 6.76. The minimum absolute atomic E-state index is 0.156. The quantitative estimate of drug-likeness (QED) is 0.230. The van der Waals surface area contributed by atoms with Gasteiger partial charge in [0.2, 0.25) is 0 Å². The van der Waals surface area contributed by atoms with Crippen molar-refractivity contribution in [3.05, 3.63) is 102 Å². The number of carbonyl (C=O) groups excluding carboxylic acids is 2. The summed E-state index contributed by atoms with van der Waals surface area (Å²) in [6.45, 7) is 0. The van der Waals surface area contributed by atoms with Gasteiger partial charge in [-0.05, 0) is 48.0 Å². The largest absolute Gasteiger partial charge is 0.505 e. The van der Waals surface area contributed by atoms with Crippen molar-refractivity contribution in [2.75, 3.05) is 5.32 Å². The van der Waals surface area contributed by atoms with Crippen molar-refractivity contribution >= 4 is 17.7 Å². The summed E-state index contributed by atoms with van der Waals surface area (Å²) in [5.74, 6) is -1.98. The SMILES string of the molecule is O=C(/C=C/[C@@H](Oc1ccccc1)[C@H](OC(=O)Nc1ccccc1)c1ccc(O)c(F)c1)NO. The zero-order valence-corrected chi connectivity index (χ0v) is 17.2. The molecule has 0 aliphatic rings. The lowest BCUT2D eigenvalue weighted by Gasteiger charge is -2.26. The standard InChI is InChI=1S/C24H21FN2O6/c25-19-15-16(11-12-20(19)28)23(33-24(30)26-17-7-3-1-4-8-17)21(13-14-22(29)27-31)32-18-9-5-2-6-10-18/h1-15,21,23,28,31H,(H,26,30)(H,27,29)/b14-13+/t21-,23-/m1/s1. The van der Waals surface area contributed by atoms with Crippen molar-refractivity contribution in [3.63, 3.8) is 0 Å². The van der Waals surface area contributed by atoms with Crippen molar-refractivity contribution < 1.29 is 33.8 Å². The highest BCUT2D eigenvalue weighted by Crippen LogP contribution is 2.30. The van der Waals surface area contributed by atoms with E-state index in [2.05, 4.69) is 5.32 Å². The molecule has 33 heavy (non-hydrogen) atoms. The summed E-state index contributed by atoms with van der Waals surface area (Å²) in [6, 6.07) is 20.5. The summed E-state index contributed by atoms with van der Waals surface area (Å²) in [7, 11) is 0. The summed E-state index contributed by atoms with van der Waals surface area (Å²) in [5, 5.41) is 20.9. The molecule has 0 spiro atoms. The van der Waals surface area contributed by atoms with Crippen LogP contribution in [0, 0.1) is 5.82 Å². The Labute approximate surface area is 188 Å². The van der Waals surface area contributed by atoms with Crippen LogP contribution in [-0.2, 0) is 9.53 Å². The summed E-state index contributed by atoms with van der Waals surface area (Å²) < 4.78 is 25.6.